The highest BCUT2D eigenvalue weighted by atomic mass is 28.3. The third kappa shape index (κ3) is 4.49. The Morgan fingerprint density at radius 3 is 2.20 bits per heavy atom. The average Bonchev–Trinajstić information content (AvgIpc) is 2.78. The molecule has 0 N–H and O–H groups in total. The highest BCUT2D eigenvalue weighted by Gasteiger charge is 2.39. The highest BCUT2D eigenvalue weighted by molar-refractivity contribution is 6.95. The fourth-order valence-corrected chi connectivity index (χ4v) is 6.74. The maximum absolute atomic E-state index is 12.4. The van der Waals surface area contributed by atoms with E-state index in [2.05, 4.69) is 49.3 Å². The van der Waals surface area contributed by atoms with Crippen LogP contribution in [0.1, 0.15) is 24.9 Å². The van der Waals surface area contributed by atoms with Gasteiger partial charge in [0.25, 0.3) is 0 Å². The Labute approximate surface area is 179 Å². The first-order valence-electron chi connectivity index (χ1n) is 10.1. The van der Waals surface area contributed by atoms with Crippen molar-refractivity contribution in [2.75, 3.05) is 14.2 Å². The molecule has 2 atom stereocenters. The zero-order valence-corrected chi connectivity index (χ0v) is 19.2. The molecule has 0 fully saturated rings. The molecule has 0 bridgehead atoms. The molecular formula is C24H29NO4Si. The van der Waals surface area contributed by atoms with E-state index in [1.54, 1.807) is 7.11 Å². The summed E-state index contributed by atoms with van der Waals surface area (Å²) < 4.78 is 16.6. The van der Waals surface area contributed by atoms with Crippen LogP contribution in [-0.4, -0.2) is 34.3 Å². The van der Waals surface area contributed by atoms with Gasteiger partial charge in [-0.1, -0.05) is 85.9 Å². The maximum Gasteiger partial charge on any atom is 0.389 e. The van der Waals surface area contributed by atoms with Gasteiger partial charge < -0.3 is 14.2 Å². The number of methoxy groups -OCH3 is 2. The standard InChI is InChI=1S/C24H29NO4Si/c1-17-22(18-12-8-6-9-13-18)25-24(28-3)29-23(17)20(16-21(26)27-2)30(4,5)19-14-10-7-11-15-19/h6-15,17,22H,16H2,1-5H3/b23-20-/t17-,22-/m0/s1. The Bertz CT molecular complexity index is 938. The molecular weight excluding hydrogens is 394 g/mol. The van der Waals surface area contributed by atoms with Crippen molar-refractivity contribution < 1.29 is 19.0 Å². The number of ether oxygens (including phenoxy) is 3. The molecule has 3 rings (SSSR count). The Morgan fingerprint density at radius 2 is 1.63 bits per heavy atom. The van der Waals surface area contributed by atoms with Crippen molar-refractivity contribution in [3.63, 3.8) is 0 Å². The van der Waals surface area contributed by atoms with Crippen LogP contribution in [0.4, 0.5) is 0 Å². The van der Waals surface area contributed by atoms with Gasteiger partial charge >= 0.3 is 12.1 Å². The summed E-state index contributed by atoms with van der Waals surface area (Å²) in [4.78, 5) is 17.1. The van der Waals surface area contributed by atoms with E-state index >= 15 is 0 Å². The monoisotopic (exact) mass is 423 g/mol. The van der Waals surface area contributed by atoms with Crippen LogP contribution >= 0.6 is 0 Å². The lowest BCUT2D eigenvalue weighted by atomic mass is 9.92. The number of carbonyl (C=O) groups is 1. The van der Waals surface area contributed by atoms with Crippen molar-refractivity contribution >= 4 is 25.3 Å². The van der Waals surface area contributed by atoms with Gasteiger partial charge in [0.15, 0.2) is 0 Å². The van der Waals surface area contributed by atoms with Gasteiger partial charge in [0.05, 0.1) is 26.7 Å². The molecule has 0 saturated carbocycles. The Hall–Kier alpha value is -2.86. The smallest absolute Gasteiger partial charge is 0.389 e. The van der Waals surface area contributed by atoms with Gasteiger partial charge in [-0.25, -0.2) is 4.99 Å². The number of nitrogens with zero attached hydrogens (tertiary/aromatic N) is 1. The molecule has 0 unspecified atom stereocenters. The molecule has 0 aliphatic carbocycles. The molecule has 30 heavy (non-hydrogen) atoms. The predicted molar refractivity (Wildman–Crippen MR) is 121 cm³/mol. The molecule has 1 heterocycles. The second-order valence-corrected chi connectivity index (χ2v) is 12.4. The largest absolute Gasteiger partial charge is 0.469 e. The first kappa shape index (κ1) is 21.8. The normalized spacial score (nSPS) is 20.6. The number of aliphatic imine (C=N–C) groups is 1. The lowest BCUT2D eigenvalue weighted by Crippen LogP contribution is -2.46. The van der Waals surface area contributed by atoms with Crippen LogP contribution in [-0.2, 0) is 19.0 Å². The summed E-state index contributed by atoms with van der Waals surface area (Å²) in [6.45, 7) is 6.56. The van der Waals surface area contributed by atoms with E-state index in [9.17, 15) is 4.79 Å². The van der Waals surface area contributed by atoms with Crippen LogP contribution < -0.4 is 5.19 Å². The SMILES string of the molecule is COC(=O)C/C(=C1/OC(OC)=N[C@H](c2ccccc2)[C@@H]1C)[Si](C)(C)c1ccccc1. The lowest BCUT2D eigenvalue weighted by molar-refractivity contribution is -0.139. The molecule has 0 aromatic heterocycles. The van der Waals surface area contributed by atoms with Crippen LogP contribution in [0.3, 0.4) is 0 Å². The van der Waals surface area contributed by atoms with Gasteiger partial charge in [0.1, 0.15) is 13.8 Å². The van der Waals surface area contributed by atoms with Crippen molar-refractivity contribution in [1.82, 2.24) is 0 Å². The van der Waals surface area contributed by atoms with E-state index in [4.69, 9.17) is 14.2 Å². The van der Waals surface area contributed by atoms with E-state index in [1.165, 1.54) is 12.3 Å². The summed E-state index contributed by atoms with van der Waals surface area (Å²) in [5.41, 5.74) is 1.08. The van der Waals surface area contributed by atoms with Gasteiger partial charge in [-0.2, -0.15) is 0 Å². The van der Waals surface area contributed by atoms with E-state index in [0.29, 0.717) is 0 Å². The molecule has 158 valence electrons. The summed E-state index contributed by atoms with van der Waals surface area (Å²) >= 11 is 0. The van der Waals surface area contributed by atoms with Crippen molar-refractivity contribution in [3.8, 4) is 0 Å². The van der Waals surface area contributed by atoms with E-state index in [0.717, 1.165) is 16.5 Å². The van der Waals surface area contributed by atoms with E-state index in [-0.39, 0.29) is 30.4 Å². The number of hydrogen-bond donors (Lipinski definition) is 0. The molecule has 1 aliphatic rings. The van der Waals surface area contributed by atoms with Crippen molar-refractivity contribution in [2.24, 2.45) is 10.9 Å². The van der Waals surface area contributed by atoms with Gasteiger partial charge in [-0.15, -0.1) is 0 Å². The van der Waals surface area contributed by atoms with Crippen molar-refractivity contribution in [2.45, 2.75) is 32.5 Å². The minimum atomic E-state index is -2.25. The molecule has 5 nitrogen and oxygen atoms in total. The van der Waals surface area contributed by atoms with Gasteiger partial charge in [0, 0.05) is 5.92 Å². The third-order valence-electron chi connectivity index (χ3n) is 5.74. The van der Waals surface area contributed by atoms with Crippen LogP contribution in [0.5, 0.6) is 0 Å². The summed E-state index contributed by atoms with van der Waals surface area (Å²) in [7, 11) is 0.721. The van der Waals surface area contributed by atoms with Crippen molar-refractivity contribution in [1.29, 1.82) is 0 Å². The van der Waals surface area contributed by atoms with E-state index in [1.807, 2.05) is 36.4 Å². The second-order valence-electron chi connectivity index (χ2n) is 7.93. The average molecular weight is 424 g/mol. The molecule has 0 saturated heterocycles. The Morgan fingerprint density at radius 1 is 1.03 bits per heavy atom. The summed E-state index contributed by atoms with van der Waals surface area (Å²) in [6.07, 6.45) is 0.403. The summed E-state index contributed by atoms with van der Waals surface area (Å²) in [6, 6.07) is 20.3. The topological polar surface area (TPSA) is 57.1 Å². The predicted octanol–water partition coefficient (Wildman–Crippen LogP) is 4.37. The fraction of sp³-hybridized carbons (Fsp3) is 0.333. The van der Waals surface area contributed by atoms with Crippen LogP contribution in [0.2, 0.25) is 13.1 Å². The summed E-state index contributed by atoms with van der Waals surface area (Å²) in [5, 5.41) is 2.23. The number of hydrogen-bond acceptors (Lipinski definition) is 5. The first-order valence-corrected chi connectivity index (χ1v) is 13.1. The molecule has 2 aromatic rings. The minimum Gasteiger partial charge on any atom is -0.469 e. The van der Waals surface area contributed by atoms with Gasteiger partial charge in [0.2, 0.25) is 0 Å². The number of benzene rings is 2. The maximum atomic E-state index is 12.4. The molecule has 0 radical (unpaired) electrons. The fourth-order valence-electron chi connectivity index (χ4n) is 3.89. The molecule has 0 spiro atoms. The zero-order chi connectivity index (χ0) is 21.7. The van der Waals surface area contributed by atoms with Crippen molar-refractivity contribution in [3.05, 3.63) is 77.2 Å². The second kappa shape index (κ2) is 9.30. The van der Waals surface area contributed by atoms with Gasteiger partial charge in [-0.3, -0.25) is 4.79 Å². The Balaban J connectivity index is 2.17. The lowest BCUT2D eigenvalue weighted by Gasteiger charge is -2.35. The molecule has 0 amide bonds. The number of esters is 1. The number of carbonyl (C=O) groups excluding carboxylic acids is 1. The highest BCUT2D eigenvalue weighted by Crippen LogP contribution is 2.39. The molecule has 6 heteroatoms. The van der Waals surface area contributed by atoms with Crippen LogP contribution in [0.25, 0.3) is 0 Å². The zero-order valence-electron chi connectivity index (χ0n) is 18.2. The first-order chi connectivity index (χ1) is 14.4. The molecule has 2 aromatic carbocycles. The van der Waals surface area contributed by atoms with Gasteiger partial charge in [-0.05, 0) is 10.8 Å². The third-order valence-corrected chi connectivity index (χ3v) is 9.45. The van der Waals surface area contributed by atoms with E-state index < -0.39 is 8.07 Å². The number of rotatable bonds is 5. The quantitative estimate of drug-likeness (QED) is 0.529. The Kier molecular flexibility index (Phi) is 6.77. The van der Waals surface area contributed by atoms with Crippen LogP contribution in [0.15, 0.2) is 76.6 Å². The summed E-state index contributed by atoms with van der Waals surface area (Å²) in [5.74, 6) is 0.436. The molecule has 1 aliphatic heterocycles. The van der Waals surface area contributed by atoms with Crippen LogP contribution in [0, 0.1) is 5.92 Å². The minimum absolute atomic E-state index is 0.0542.